The van der Waals surface area contributed by atoms with E-state index in [1.54, 1.807) is 12.1 Å². The number of halogens is 1. The van der Waals surface area contributed by atoms with Gasteiger partial charge in [-0.05, 0) is 42.9 Å². The van der Waals surface area contributed by atoms with E-state index in [0.717, 1.165) is 44.2 Å². The predicted molar refractivity (Wildman–Crippen MR) is 74.4 cm³/mol. The maximum Gasteiger partial charge on any atom is 0.227 e. The molecule has 0 heterocycles. The molecule has 104 valence electrons. The number of amides is 1. The van der Waals surface area contributed by atoms with Gasteiger partial charge in [0.15, 0.2) is 0 Å². The van der Waals surface area contributed by atoms with Gasteiger partial charge in [-0.3, -0.25) is 4.79 Å². The zero-order chi connectivity index (χ0) is 13.7. The minimum absolute atomic E-state index is 0.0952. The highest BCUT2D eigenvalue weighted by Crippen LogP contribution is 2.42. The lowest BCUT2D eigenvalue weighted by atomic mass is 9.93. The summed E-state index contributed by atoms with van der Waals surface area (Å²) in [6.07, 6.45) is 5.53. The Labute approximate surface area is 114 Å². The first-order valence-electron chi connectivity index (χ1n) is 7.25. The molecule has 1 unspecified atom stereocenters. The molecule has 0 saturated heterocycles. The standard InChI is InChI=1S/C16H22FNO/c1-2-3-4-11-18-16(19)15(12-5-6-12)13-7-9-14(17)10-8-13/h7-10,12,15H,2-6,11H2,1H3,(H,18,19). The zero-order valence-corrected chi connectivity index (χ0v) is 11.5. The van der Waals surface area contributed by atoms with Crippen LogP contribution in [0.3, 0.4) is 0 Å². The summed E-state index contributed by atoms with van der Waals surface area (Å²) in [6, 6.07) is 6.36. The molecule has 1 amide bonds. The molecule has 1 fully saturated rings. The highest BCUT2D eigenvalue weighted by molar-refractivity contribution is 5.84. The summed E-state index contributed by atoms with van der Waals surface area (Å²) >= 11 is 0. The van der Waals surface area contributed by atoms with Crippen LogP contribution in [0.5, 0.6) is 0 Å². The second-order valence-corrected chi connectivity index (χ2v) is 5.36. The summed E-state index contributed by atoms with van der Waals surface area (Å²) in [5.74, 6) is 0.200. The maximum absolute atomic E-state index is 13.0. The molecule has 0 bridgehead atoms. The Morgan fingerprint density at radius 2 is 2.00 bits per heavy atom. The van der Waals surface area contributed by atoms with Gasteiger partial charge < -0.3 is 5.32 Å². The van der Waals surface area contributed by atoms with E-state index in [1.165, 1.54) is 12.1 Å². The number of rotatable bonds is 7. The van der Waals surface area contributed by atoms with Crippen LogP contribution < -0.4 is 5.32 Å². The molecule has 1 aliphatic rings. The van der Waals surface area contributed by atoms with E-state index in [2.05, 4.69) is 12.2 Å². The van der Waals surface area contributed by atoms with Gasteiger partial charge in [0.25, 0.3) is 0 Å². The first-order valence-corrected chi connectivity index (χ1v) is 7.25. The molecule has 1 aliphatic carbocycles. The second kappa shape index (κ2) is 6.69. The maximum atomic E-state index is 13.0. The van der Waals surface area contributed by atoms with Crippen molar-refractivity contribution in [2.24, 2.45) is 5.92 Å². The quantitative estimate of drug-likeness (QED) is 0.748. The Kier molecular flexibility index (Phi) is 4.94. The van der Waals surface area contributed by atoms with Crippen LogP contribution >= 0.6 is 0 Å². The summed E-state index contributed by atoms with van der Waals surface area (Å²) in [5.41, 5.74) is 0.942. The highest BCUT2D eigenvalue weighted by atomic mass is 19.1. The molecule has 0 spiro atoms. The summed E-state index contributed by atoms with van der Waals surface area (Å²) in [5, 5.41) is 3.02. The van der Waals surface area contributed by atoms with Crippen molar-refractivity contribution >= 4 is 5.91 Å². The molecular formula is C16H22FNO. The van der Waals surface area contributed by atoms with Crippen molar-refractivity contribution in [3.8, 4) is 0 Å². The van der Waals surface area contributed by atoms with Crippen LogP contribution in [0.4, 0.5) is 4.39 Å². The van der Waals surface area contributed by atoms with Crippen molar-refractivity contribution in [2.75, 3.05) is 6.54 Å². The van der Waals surface area contributed by atoms with E-state index in [4.69, 9.17) is 0 Å². The fourth-order valence-electron chi connectivity index (χ4n) is 2.43. The lowest BCUT2D eigenvalue weighted by molar-refractivity contribution is -0.123. The molecule has 19 heavy (non-hydrogen) atoms. The Balaban J connectivity index is 1.95. The Bertz CT molecular complexity index is 411. The van der Waals surface area contributed by atoms with E-state index < -0.39 is 0 Å². The van der Waals surface area contributed by atoms with Gasteiger partial charge in [0, 0.05) is 6.54 Å². The molecule has 1 aromatic rings. The van der Waals surface area contributed by atoms with Gasteiger partial charge in [0.2, 0.25) is 5.91 Å². The molecule has 3 heteroatoms. The van der Waals surface area contributed by atoms with Crippen LogP contribution in [-0.2, 0) is 4.79 Å². The summed E-state index contributed by atoms with van der Waals surface area (Å²) in [6.45, 7) is 2.89. The van der Waals surface area contributed by atoms with E-state index in [9.17, 15) is 9.18 Å². The number of carbonyl (C=O) groups excluding carboxylic acids is 1. The van der Waals surface area contributed by atoms with Crippen LogP contribution in [0.1, 0.15) is 50.5 Å². The molecule has 0 radical (unpaired) electrons. The average Bonchev–Trinajstić information content (AvgIpc) is 3.22. The van der Waals surface area contributed by atoms with Crippen molar-refractivity contribution in [1.29, 1.82) is 0 Å². The van der Waals surface area contributed by atoms with Crippen molar-refractivity contribution in [1.82, 2.24) is 5.32 Å². The van der Waals surface area contributed by atoms with Crippen molar-refractivity contribution in [2.45, 2.75) is 44.9 Å². The van der Waals surface area contributed by atoms with Crippen LogP contribution in [0.15, 0.2) is 24.3 Å². The molecule has 2 nitrogen and oxygen atoms in total. The number of nitrogens with one attached hydrogen (secondary N) is 1. The largest absolute Gasteiger partial charge is 0.356 e. The van der Waals surface area contributed by atoms with Crippen molar-refractivity contribution < 1.29 is 9.18 Å². The molecule has 1 aromatic carbocycles. The summed E-state index contributed by atoms with van der Waals surface area (Å²) < 4.78 is 13.0. The van der Waals surface area contributed by atoms with Gasteiger partial charge in [0.05, 0.1) is 5.92 Å². The second-order valence-electron chi connectivity index (χ2n) is 5.36. The topological polar surface area (TPSA) is 29.1 Å². The first-order chi connectivity index (χ1) is 9.22. The molecule has 0 aromatic heterocycles. The normalized spacial score (nSPS) is 16.1. The summed E-state index contributed by atoms with van der Waals surface area (Å²) in [4.78, 5) is 12.3. The van der Waals surface area contributed by atoms with Gasteiger partial charge >= 0.3 is 0 Å². The van der Waals surface area contributed by atoms with Crippen LogP contribution in [-0.4, -0.2) is 12.5 Å². The van der Waals surface area contributed by atoms with E-state index >= 15 is 0 Å². The van der Waals surface area contributed by atoms with Crippen LogP contribution in [0.2, 0.25) is 0 Å². The van der Waals surface area contributed by atoms with E-state index in [1.807, 2.05) is 0 Å². The number of unbranched alkanes of at least 4 members (excludes halogenated alkanes) is 2. The number of benzene rings is 1. The van der Waals surface area contributed by atoms with Gasteiger partial charge in [-0.2, -0.15) is 0 Å². The molecule has 1 atom stereocenters. The SMILES string of the molecule is CCCCCNC(=O)C(c1ccc(F)cc1)C1CC1. The van der Waals surface area contributed by atoms with E-state index in [-0.39, 0.29) is 17.6 Å². The highest BCUT2D eigenvalue weighted by Gasteiger charge is 2.36. The average molecular weight is 263 g/mol. The monoisotopic (exact) mass is 263 g/mol. The number of hydrogen-bond acceptors (Lipinski definition) is 1. The molecular weight excluding hydrogens is 241 g/mol. The fraction of sp³-hybridized carbons (Fsp3) is 0.562. The minimum atomic E-state index is -0.248. The molecule has 0 aliphatic heterocycles. The third kappa shape index (κ3) is 4.05. The Hall–Kier alpha value is -1.38. The third-order valence-corrected chi connectivity index (χ3v) is 3.68. The van der Waals surface area contributed by atoms with Crippen LogP contribution in [0, 0.1) is 11.7 Å². The third-order valence-electron chi connectivity index (χ3n) is 3.68. The van der Waals surface area contributed by atoms with Gasteiger partial charge in [-0.1, -0.05) is 31.9 Å². The van der Waals surface area contributed by atoms with Crippen LogP contribution in [0.25, 0.3) is 0 Å². The molecule has 2 rings (SSSR count). The number of carbonyl (C=O) groups is 1. The Morgan fingerprint density at radius 1 is 1.32 bits per heavy atom. The summed E-state index contributed by atoms with van der Waals surface area (Å²) in [7, 11) is 0. The van der Waals surface area contributed by atoms with Gasteiger partial charge in [0.1, 0.15) is 5.82 Å². The van der Waals surface area contributed by atoms with Gasteiger partial charge in [-0.25, -0.2) is 4.39 Å². The predicted octanol–water partition coefficient (Wildman–Crippen LogP) is 3.63. The molecule has 1 saturated carbocycles. The van der Waals surface area contributed by atoms with Gasteiger partial charge in [-0.15, -0.1) is 0 Å². The first kappa shape index (κ1) is 14.0. The van der Waals surface area contributed by atoms with Crippen molar-refractivity contribution in [3.05, 3.63) is 35.6 Å². The number of hydrogen-bond donors (Lipinski definition) is 1. The lowest BCUT2D eigenvalue weighted by Crippen LogP contribution is -2.31. The Morgan fingerprint density at radius 3 is 2.58 bits per heavy atom. The van der Waals surface area contributed by atoms with Crippen molar-refractivity contribution in [3.63, 3.8) is 0 Å². The fourth-order valence-corrected chi connectivity index (χ4v) is 2.43. The lowest BCUT2D eigenvalue weighted by Gasteiger charge is -2.16. The zero-order valence-electron chi connectivity index (χ0n) is 11.5. The smallest absolute Gasteiger partial charge is 0.227 e. The van der Waals surface area contributed by atoms with E-state index in [0.29, 0.717) is 5.92 Å². The minimum Gasteiger partial charge on any atom is -0.356 e. The molecule has 1 N–H and O–H groups in total.